The van der Waals surface area contributed by atoms with E-state index in [1.807, 2.05) is 25.1 Å². The fourth-order valence-electron chi connectivity index (χ4n) is 4.58. The van der Waals surface area contributed by atoms with Gasteiger partial charge in [-0.25, -0.2) is 0 Å². The molecular formula is C28H25Cl2NO6. The minimum atomic E-state index is -0.200. The number of nitrogens with zero attached hydrogens (tertiary/aromatic N) is 1. The van der Waals surface area contributed by atoms with Crippen LogP contribution in [0.4, 0.5) is 0 Å². The lowest BCUT2D eigenvalue weighted by atomic mass is 9.98. The van der Waals surface area contributed by atoms with Gasteiger partial charge in [0, 0.05) is 24.7 Å². The van der Waals surface area contributed by atoms with Crippen LogP contribution in [0.3, 0.4) is 0 Å². The molecule has 0 amide bonds. The van der Waals surface area contributed by atoms with Crippen LogP contribution >= 0.6 is 23.2 Å². The monoisotopic (exact) mass is 541 g/mol. The standard InChI is InChI=1S/C28H25Cl2NO6/c1-15-7-22-18(13-31(14-36-22)12-16-5-6-19(29)20(30)8-16)28-26(15)27(32)25(37-28)10-17-9-23(34-3)24(35-4)11-21(17)33-2/h5-11H,12-14H2,1-4H3/b25-10-. The second kappa shape index (κ2) is 10.2. The van der Waals surface area contributed by atoms with Crippen LogP contribution < -0.4 is 23.7 Å². The fraction of sp³-hybridized carbons (Fsp3) is 0.250. The molecule has 0 atom stereocenters. The Kier molecular flexibility index (Phi) is 6.94. The number of halogens is 2. The summed E-state index contributed by atoms with van der Waals surface area (Å²) in [6.07, 6.45) is 1.66. The number of rotatable bonds is 6. The fourth-order valence-corrected chi connectivity index (χ4v) is 4.90. The van der Waals surface area contributed by atoms with Gasteiger partial charge in [0.1, 0.15) is 24.0 Å². The van der Waals surface area contributed by atoms with Crippen molar-refractivity contribution in [3.8, 4) is 28.7 Å². The summed E-state index contributed by atoms with van der Waals surface area (Å²) in [6, 6.07) is 10.9. The Hall–Kier alpha value is -3.39. The lowest BCUT2D eigenvalue weighted by Gasteiger charge is -2.30. The van der Waals surface area contributed by atoms with E-state index in [1.165, 1.54) is 0 Å². The summed E-state index contributed by atoms with van der Waals surface area (Å²) in [5.74, 6) is 2.77. The van der Waals surface area contributed by atoms with Gasteiger partial charge in [-0.05, 0) is 48.4 Å². The van der Waals surface area contributed by atoms with Crippen molar-refractivity contribution >= 4 is 35.1 Å². The van der Waals surface area contributed by atoms with Gasteiger partial charge in [-0.3, -0.25) is 9.69 Å². The third kappa shape index (κ3) is 4.70. The zero-order valence-electron chi connectivity index (χ0n) is 20.8. The van der Waals surface area contributed by atoms with Gasteiger partial charge in [0.25, 0.3) is 0 Å². The molecule has 3 aromatic rings. The highest BCUT2D eigenvalue weighted by Gasteiger charge is 2.35. The molecule has 0 bridgehead atoms. The van der Waals surface area contributed by atoms with E-state index in [1.54, 1.807) is 45.6 Å². The number of hydrogen-bond acceptors (Lipinski definition) is 7. The van der Waals surface area contributed by atoms with Gasteiger partial charge in [-0.15, -0.1) is 0 Å². The van der Waals surface area contributed by atoms with Crippen molar-refractivity contribution < 1.29 is 28.5 Å². The normalized spacial score (nSPS) is 15.6. The highest BCUT2D eigenvalue weighted by molar-refractivity contribution is 6.42. The maximum absolute atomic E-state index is 13.5. The van der Waals surface area contributed by atoms with E-state index in [4.69, 9.17) is 46.9 Å². The van der Waals surface area contributed by atoms with Gasteiger partial charge < -0.3 is 23.7 Å². The molecule has 5 rings (SSSR count). The number of aryl methyl sites for hydroxylation is 1. The predicted octanol–water partition coefficient (Wildman–Crippen LogP) is 6.30. The van der Waals surface area contributed by atoms with Gasteiger partial charge in [0.05, 0.1) is 42.5 Å². The van der Waals surface area contributed by atoms with Crippen LogP contribution in [0.1, 0.15) is 32.6 Å². The van der Waals surface area contributed by atoms with E-state index in [0.717, 1.165) is 16.7 Å². The summed E-state index contributed by atoms with van der Waals surface area (Å²) in [7, 11) is 4.65. The molecule has 0 unspecified atom stereocenters. The molecule has 2 aliphatic heterocycles. The van der Waals surface area contributed by atoms with Crippen LogP contribution in [0.15, 0.2) is 42.2 Å². The van der Waals surface area contributed by atoms with Crippen LogP contribution in [0.2, 0.25) is 10.0 Å². The molecule has 0 radical (unpaired) electrons. The summed E-state index contributed by atoms with van der Waals surface area (Å²) in [4.78, 5) is 15.6. The number of carbonyl (C=O) groups excluding carboxylic acids is 1. The first-order chi connectivity index (χ1) is 17.8. The highest BCUT2D eigenvalue weighted by Crippen LogP contribution is 2.45. The highest BCUT2D eigenvalue weighted by atomic mass is 35.5. The largest absolute Gasteiger partial charge is 0.496 e. The van der Waals surface area contributed by atoms with Crippen LogP contribution in [0.5, 0.6) is 28.7 Å². The molecule has 0 aromatic heterocycles. The van der Waals surface area contributed by atoms with Crippen molar-refractivity contribution in [2.45, 2.75) is 20.0 Å². The topological polar surface area (TPSA) is 66.5 Å². The first-order valence-electron chi connectivity index (χ1n) is 11.5. The van der Waals surface area contributed by atoms with Gasteiger partial charge in [0.15, 0.2) is 17.3 Å². The van der Waals surface area contributed by atoms with E-state index < -0.39 is 0 Å². The number of benzene rings is 3. The summed E-state index contributed by atoms with van der Waals surface area (Å²) in [6.45, 7) is 3.41. The van der Waals surface area contributed by atoms with E-state index in [-0.39, 0.29) is 11.5 Å². The van der Waals surface area contributed by atoms with Gasteiger partial charge in [0.2, 0.25) is 5.78 Å². The van der Waals surface area contributed by atoms with Crippen LogP contribution in [0.25, 0.3) is 6.08 Å². The molecular weight excluding hydrogens is 517 g/mol. The molecule has 9 heteroatoms. The summed E-state index contributed by atoms with van der Waals surface area (Å²) < 4.78 is 28.6. The molecule has 0 saturated heterocycles. The van der Waals surface area contributed by atoms with Gasteiger partial charge in [-0.2, -0.15) is 0 Å². The van der Waals surface area contributed by atoms with Crippen molar-refractivity contribution in [2.75, 3.05) is 28.1 Å². The second-order valence-electron chi connectivity index (χ2n) is 8.77. The van der Waals surface area contributed by atoms with Gasteiger partial charge in [-0.1, -0.05) is 29.3 Å². The quantitative estimate of drug-likeness (QED) is 0.339. The predicted molar refractivity (Wildman–Crippen MR) is 141 cm³/mol. The maximum atomic E-state index is 13.5. The van der Waals surface area contributed by atoms with Crippen molar-refractivity contribution in [2.24, 2.45) is 0 Å². The summed E-state index contributed by atoms with van der Waals surface area (Å²) >= 11 is 12.3. The lowest BCUT2D eigenvalue weighted by molar-refractivity contribution is 0.0872. The first-order valence-corrected chi connectivity index (χ1v) is 12.3. The zero-order valence-corrected chi connectivity index (χ0v) is 22.3. The second-order valence-corrected chi connectivity index (χ2v) is 9.59. The van der Waals surface area contributed by atoms with E-state index in [9.17, 15) is 4.79 Å². The van der Waals surface area contributed by atoms with Crippen LogP contribution in [-0.4, -0.2) is 38.7 Å². The van der Waals surface area contributed by atoms with E-state index in [2.05, 4.69) is 4.90 Å². The Morgan fingerprint density at radius 3 is 2.41 bits per heavy atom. The Labute approximate surface area is 225 Å². The number of allylic oxidation sites excluding steroid dienone is 1. The SMILES string of the molecule is COc1cc(OC)c(OC)cc1/C=C1\Oc2c3c(cc(C)c2C1=O)OCN(Cc1ccc(Cl)c(Cl)c1)C3. The van der Waals surface area contributed by atoms with Crippen LogP contribution in [0, 0.1) is 6.92 Å². The third-order valence-corrected chi connectivity index (χ3v) is 7.14. The molecule has 0 aliphatic carbocycles. The molecule has 0 N–H and O–H groups in total. The molecule has 37 heavy (non-hydrogen) atoms. The smallest absolute Gasteiger partial charge is 0.232 e. The molecule has 2 heterocycles. The third-order valence-electron chi connectivity index (χ3n) is 6.40. The Balaban J connectivity index is 1.48. The average Bonchev–Trinajstić information content (AvgIpc) is 3.23. The number of Topliss-reactive ketones (excluding diaryl/α,β-unsaturated/α-hetero) is 1. The number of ketones is 1. The van der Waals surface area contributed by atoms with Crippen molar-refractivity contribution in [3.05, 3.63) is 80.0 Å². The molecule has 7 nitrogen and oxygen atoms in total. The van der Waals surface area contributed by atoms with Gasteiger partial charge >= 0.3 is 0 Å². The van der Waals surface area contributed by atoms with E-state index >= 15 is 0 Å². The zero-order chi connectivity index (χ0) is 26.3. The molecule has 3 aromatic carbocycles. The minimum Gasteiger partial charge on any atom is -0.496 e. The lowest BCUT2D eigenvalue weighted by Crippen LogP contribution is -2.31. The van der Waals surface area contributed by atoms with E-state index in [0.29, 0.717) is 69.7 Å². The summed E-state index contributed by atoms with van der Waals surface area (Å²) in [5, 5.41) is 1.01. The molecule has 0 fully saturated rings. The number of methoxy groups -OCH3 is 3. The van der Waals surface area contributed by atoms with Crippen LogP contribution in [-0.2, 0) is 13.1 Å². The van der Waals surface area contributed by atoms with Crippen molar-refractivity contribution in [3.63, 3.8) is 0 Å². The average molecular weight is 542 g/mol. The number of carbonyl (C=O) groups is 1. The number of fused-ring (bicyclic) bond motifs is 3. The molecule has 0 saturated carbocycles. The molecule has 0 spiro atoms. The number of hydrogen-bond donors (Lipinski definition) is 0. The first kappa shape index (κ1) is 25.3. The molecule has 192 valence electrons. The minimum absolute atomic E-state index is 0.193. The Morgan fingerprint density at radius 1 is 0.973 bits per heavy atom. The van der Waals surface area contributed by atoms with Crippen molar-refractivity contribution in [1.82, 2.24) is 4.90 Å². The molecule has 2 aliphatic rings. The Bertz CT molecular complexity index is 1430. The maximum Gasteiger partial charge on any atom is 0.232 e. The summed E-state index contributed by atoms with van der Waals surface area (Å²) in [5.41, 5.74) is 3.77. The Morgan fingerprint density at radius 2 is 1.70 bits per heavy atom. The number of ether oxygens (including phenoxy) is 5. The van der Waals surface area contributed by atoms with Crippen molar-refractivity contribution in [1.29, 1.82) is 0 Å².